The first-order valence-corrected chi connectivity index (χ1v) is 9.93. The summed E-state index contributed by atoms with van der Waals surface area (Å²) in [6.45, 7) is 6.69. The molecule has 3 heterocycles. The van der Waals surface area contributed by atoms with Crippen molar-refractivity contribution in [1.29, 1.82) is 0 Å². The highest BCUT2D eigenvalue weighted by molar-refractivity contribution is 6.14. The van der Waals surface area contributed by atoms with Crippen LogP contribution in [0.15, 0.2) is 18.2 Å². The van der Waals surface area contributed by atoms with Gasteiger partial charge in [0.25, 0.3) is 5.91 Å². The van der Waals surface area contributed by atoms with Gasteiger partial charge >= 0.3 is 0 Å². The zero-order valence-electron chi connectivity index (χ0n) is 16.1. The predicted octanol–water partition coefficient (Wildman–Crippen LogP) is 3.01. The number of amides is 2. The molecule has 0 bridgehead atoms. The highest BCUT2D eigenvalue weighted by Crippen LogP contribution is 2.37. The molecule has 144 valence electrons. The Morgan fingerprint density at radius 1 is 1.33 bits per heavy atom. The molecule has 1 aromatic carbocycles. The zero-order valence-corrected chi connectivity index (χ0v) is 16.1. The standard InChI is InChI=1S/C21H27N3O3/c1-3-23-17-9-8-14(2)12-16(17)19(24-10-4-7-18(24)25)20(23)21(26)22-13-15-6-5-11-27-15/h8-9,12,15H,3-7,10-11,13H2,1-2H3,(H,22,26). The molecule has 1 unspecified atom stereocenters. The second-order valence-corrected chi connectivity index (χ2v) is 7.46. The van der Waals surface area contributed by atoms with Crippen molar-refractivity contribution in [3.05, 3.63) is 29.5 Å². The Morgan fingerprint density at radius 3 is 2.85 bits per heavy atom. The van der Waals surface area contributed by atoms with E-state index in [1.54, 1.807) is 4.90 Å². The van der Waals surface area contributed by atoms with Gasteiger partial charge in [-0.2, -0.15) is 0 Å². The Labute approximate surface area is 159 Å². The number of aryl methyl sites for hydroxylation is 2. The molecule has 0 aliphatic carbocycles. The van der Waals surface area contributed by atoms with Crippen molar-refractivity contribution in [3.63, 3.8) is 0 Å². The molecule has 4 rings (SSSR count). The minimum atomic E-state index is -0.129. The summed E-state index contributed by atoms with van der Waals surface area (Å²) in [7, 11) is 0. The molecule has 0 saturated carbocycles. The highest BCUT2D eigenvalue weighted by Gasteiger charge is 2.32. The summed E-state index contributed by atoms with van der Waals surface area (Å²) in [5.74, 6) is -0.0317. The van der Waals surface area contributed by atoms with Crippen LogP contribution in [0.3, 0.4) is 0 Å². The maximum Gasteiger partial charge on any atom is 0.270 e. The van der Waals surface area contributed by atoms with Crippen LogP contribution in [0.4, 0.5) is 5.69 Å². The summed E-state index contributed by atoms with van der Waals surface area (Å²) in [5.41, 5.74) is 3.48. The molecular weight excluding hydrogens is 342 g/mol. The van der Waals surface area contributed by atoms with Gasteiger partial charge in [0.15, 0.2) is 0 Å². The molecule has 1 aromatic heterocycles. The quantitative estimate of drug-likeness (QED) is 0.881. The Balaban J connectivity index is 1.78. The van der Waals surface area contributed by atoms with Crippen LogP contribution < -0.4 is 10.2 Å². The van der Waals surface area contributed by atoms with E-state index in [0.29, 0.717) is 31.7 Å². The molecular formula is C21H27N3O3. The van der Waals surface area contributed by atoms with Crippen LogP contribution in [0.5, 0.6) is 0 Å². The molecule has 6 heteroatoms. The second kappa shape index (κ2) is 7.35. The molecule has 2 saturated heterocycles. The Hall–Kier alpha value is -2.34. The number of nitrogens with one attached hydrogen (secondary N) is 1. The van der Waals surface area contributed by atoms with E-state index < -0.39 is 0 Å². The van der Waals surface area contributed by atoms with Crippen LogP contribution in [0.2, 0.25) is 0 Å². The van der Waals surface area contributed by atoms with E-state index in [-0.39, 0.29) is 17.9 Å². The topological polar surface area (TPSA) is 63.6 Å². The largest absolute Gasteiger partial charge is 0.376 e. The number of benzene rings is 1. The summed E-state index contributed by atoms with van der Waals surface area (Å²) in [6.07, 6.45) is 3.49. The van der Waals surface area contributed by atoms with Gasteiger partial charge in [0.05, 0.1) is 17.3 Å². The fraction of sp³-hybridized carbons (Fsp3) is 0.524. The fourth-order valence-electron chi connectivity index (χ4n) is 4.26. The van der Waals surface area contributed by atoms with E-state index >= 15 is 0 Å². The lowest BCUT2D eigenvalue weighted by Gasteiger charge is -2.19. The normalized spacial score (nSPS) is 20.0. The number of fused-ring (bicyclic) bond motifs is 1. The lowest BCUT2D eigenvalue weighted by molar-refractivity contribution is -0.117. The smallest absolute Gasteiger partial charge is 0.270 e. The maximum absolute atomic E-state index is 13.2. The molecule has 2 aliphatic rings. The van der Waals surface area contributed by atoms with Gasteiger partial charge in [0.2, 0.25) is 5.91 Å². The van der Waals surface area contributed by atoms with Crippen molar-refractivity contribution >= 4 is 28.4 Å². The second-order valence-electron chi connectivity index (χ2n) is 7.46. The van der Waals surface area contributed by atoms with E-state index in [4.69, 9.17) is 4.74 Å². The van der Waals surface area contributed by atoms with Crippen LogP contribution in [0, 0.1) is 6.92 Å². The minimum Gasteiger partial charge on any atom is -0.376 e. The number of nitrogens with zero attached hydrogens (tertiary/aromatic N) is 2. The number of hydrogen-bond donors (Lipinski definition) is 1. The van der Waals surface area contributed by atoms with Crippen molar-refractivity contribution in [2.75, 3.05) is 24.6 Å². The molecule has 2 aromatic rings. The van der Waals surface area contributed by atoms with Gasteiger partial charge in [-0.05, 0) is 45.2 Å². The molecule has 27 heavy (non-hydrogen) atoms. The lowest BCUT2D eigenvalue weighted by Crippen LogP contribution is -2.35. The third kappa shape index (κ3) is 3.23. The van der Waals surface area contributed by atoms with E-state index in [9.17, 15) is 9.59 Å². The summed E-state index contributed by atoms with van der Waals surface area (Å²) >= 11 is 0. The molecule has 1 atom stereocenters. The average molecular weight is 369 g/mol. The monoisotopic (exact) mass is 369 g/mol. The van der Waals surface area contributed by atoms with Crippen LogP contribution >= 0.6 is 0 Å². The van der Waals surface area contributed by atoms with Crippen LogP contribution in [0.25, 0.3) is 10.9 Å². The van der Waals surface area contributed by atoms with Gasteiger partial charge < -0.3 is 19.5 Å². The number of rotatable bonds is 5. The average Bonchev–Trinajstić information content (AvgIpc) is 3.37. The number of carbonyl (C=O) groups is 2. The number of carbonyl (C=O) groups excluding carboxylic acids is 2. The van der Waals surface area contributed by atoms with Crippen molar-refractivity contribution in [3.8, 4) is 0 Å². The Kier molecular flexibility index (Phi) is 4.91. The minimum absolute atomic E-state index is 0.0903. The fourth-order valence-corrected chi connectivity index (χ4v) is 4.26. The first-order chi connectivity index (χ1) is 13.1. The SMILES string of the molecule is CCn1c(C(=O)NCC2CCCO2)c(N2CCCC2=O)c2cc(C)ccc21. The maximum atomic E-state index is 13.2. The summed E-state index contributed by atoms with van der Waals surface area (Å²) in [4.78, 5) is 27.5. The third-order valence-corrected chi connectivity index (χ3v) is 5.58. The van der Waals surface area contributed by atoms with Crippen molar-refractivity contribution in [1.82, 2.24) is 9.88 Å². The number of hydrogen-bond acceptors (Lipinski definition) is 3. The lowest BCUT2D eigenvalue weighted by atomic mass is 10.1. The van der Waals surface area contributed by atoms with Crippen LogP contribution in [0.1, 0.15) is 48.7 Å². The molecule has 2 aliphatic heterocycles. The van der Waals surface area contributed by atoms with Gasteiger partial charge in [0, 0.05) is 38.0 Å². The van der Waals surface area contributed by atoms with Crippen molar-refractivity contribution in [2.45, 2.75) is 52.2 Å². The first kappa shape index (κ1) is 18.0. The van der Waals surface area contributed by atoms with Gasteiger partial charge in [-0.15, -0.1) is 0 Å². The van der Waals surface area contributed by atoms with Gasteiger partial charge in [-0.3, -0.25) is 9.59 Å². The number of anilines is 1. The van der Waals surface area contributed by atoms with E-state index in [1.165, 1.54) is 0 Å². The van der Waals surface area contributed by atoms with Gasteiger partial charge in [-0.25, -0.2) is 0 Å². The Morgan fingerprint density at radius 2 is 2.19 bits per heavy atom. The van der Waals surface area contributed by atoms with Crippen LogP contribution in [-0.2, 0) is 16.1 Å². The van der Waals surface area contributed by atoms with Crippen molar-refractivity contribution < 1.29 is 14.3 Å². The summed E-state index contributed by atoms with van der Waals surface area (Å²) in [5, 5.41) is 4.03. The summed E-state index contributed by atoms with van der Waals surface area (Å²) in [6, 6.07) is 6.19. The highest BCUT2D eigenvalue weighted by atomic mass is 16.5. The van der Waals surface area contributed by atoms with Crippen molar-refractivity contribution in [2.24, 2.45) is 0 Å². The Bertz CT molecular complexity index is 880. The number of aromatic nitrogens is 1. The third-order valence-electron chi connectivity index (χ3n) is 5.58. The molecule has 2 fully saturated rings. The summed E-state index contributed by atoms with van der Waals surface area (Å²) < 4.78 is 7.66. The molecule has 2 amide bonds. The number of ether oxygens (including phenoxy) is 1. The predicted molar refractivity (Wildman–Crippen MR) is 105 cm³/mol. The van der Waals surface area contributed by atoms with Crippen LogP contribution in [-0.4, -0.2) is 42.2 Å². The van der Waals surface area contributed by atoms with Gasteiger partial charge in [0.1, 0.15) is 5.69 Å². The van der Waals surface area contributed by atoms with E-state index in [0.717, 1.165) is 48.0 Å². The van der Waals surface area contributed by atoms with E-state index in [1.807, 2.05) is 18.4 Å². The zero-order chi connectivity index (χ0) is 19.0. The molecule has 1 N–H and O–H groups in total. The van der Waals surface area contributed by atoms with E-state index in [2.05, 4.69) is 23.5 Å². The molecule has 0 spiro atoms. The molecule has 6 nitrogen and oxygen atoms in total. The van der Waals surface area contributed by atoms with Gasteiger partial charge in [-0.1, -0.05) is 11.6 Å². The molecule has 0 radical (unpaired) electrons. The first-order valence-electron chi connectivity index (χ1n) is 9.93.